The van der Waals surface area contributed by atoms with Crippen molar-refractivity contribution in [2.75, 3.05) is 12.3 Å². The molecule has 15 heavy (non-hydrogen) atoms. The molecule has 0 atom stereocenters. The van der Waals surface area contributed by atoms with Gasteiger partial charge in [0.05, 0.1) is 10.6 Å². The maximum Gasteiger partial charge on any atom is 0.261 e. The highest BCUT2D eigenvalue weighted by atomic mass is 32.2. The van der Waals surface area contributed by atoms with E-state index in [1.165, 1.54) is 11.3 Å². The van der Waals surface area contributed by atoms with Gasteiger partial charge in [-0.3, -0.25) is 4.79 Å². The van der Waals surface area contributed by atoms with Crippen LogP contribution in [0.3, 0.4) is 0 Å². The van der Waals surface area contributed by atoms with Crippen LogP contribution in [0.25, 0.3) is 0 Å². The van der Waals surface area contributed by atoms with Gasteiger partial charge in [-0.25, -0.2) is 13.6 Å². The van der Waals surface area contributed by atoms with Crippen molar-refractivity contribution >= 4 is 27.3 Å². The molecule has 0 aromatic carbocycles. The maximum absolute atomic E-state index is 11.3. The third-order valence-corrected chi connectivity index (χ3v) is 3.36. The summed E-state index contributed by atoms with van der Waals surface area (Å²) in [6.07, 6.45) is 0.329. The van der Waals surface area contributed by atoms with Gasteiger partial charge in [-0.2, -0.15) is 0 Å². The maximum atomic E-state index is 11.3. The lowest BCUT2D eigenvalue weighted by atomic mass is 10.4. The van der Waals surface area contributed by atoms with E-state index in [0.717, 1.165) is 0 Å². The highest BCUT2D eigenvalue weighted by molar-refractivity contribution is 7.89. The molecule has 0 aliphatic carbocycles. The Hall–Kier alpha value is -0.920. The Labute approximate surface area is 92.3 Å². The molecule has 1 aromatic heterocycles. The molecule has 0 fully saturated rings. The number of thiophene rings is 1. The van der Waals surface area contributed by atoms with E-state index in [0.29, 0.717) is 17.8 Å². The van der Waals surface area contributed by atoms with Crippen LogP contribution < -0.4 is 10.5 Å². The van der Waals surface area contributed by atoms with Crippen LogP contribution in [0.2, 0.25) is 0 Å². The summed E-state index contributed by atoms with van der Waals surface area (Å²) in [5, 5.41) is 9.22. The topological polar surface area (TPSA) is 89.3 Å². The summed E-state index contributed by atoms with van der Waals surface area (Å²) in [4.78, 5) is 12.0. The smallest absolute Gasteiger partial charge is 0.261 e. The van der Waals surface area contributed by atoms with Crippen molar-refractivity contribution in [3.05, 3.63) is 22.4 Å². The molecule has 1 rings (SSSR count). The molecule has 1 aromatic rings. The quantitative estimate of drug-likeness (QED) is 0.727. The number of hydrogen-bond donors (Lipinski definition) is 2. The molecule has 84 valence electrons. The number of carbonyl (C=O) groups excluding carboxylic acids is 1. The second-order valence-electron chi connectivity index (χ2n) is 2.95. The number of carbonyl (C=O) groups is 1. The molecular weight excluding hydrogens is 236 g/mol. The molecule has 1 heterocycles. The van der Waals surface area contributed by atoms with Gasteiger partial charge in [0.15, 0.2) is 0 Å². The van der Waals surface area contributed by atoms with Crippen LogP contribution in [0.4, 0.5) is 0 Å². The van der Waals surface area contributed by atoms with Crippen molar-refractivity contribution in [2.24, 2.45) is 5.14 Å². The van der Waals surface area contributed by atoms with Crippen LogP contribution in [-0.4, -0.2) is 26.6 Å². The molecule has 0 spiro atoms. The Morgan fingerprint density at radius 1 is 1.53 bits per heavy atom. The first kappa shape index (κ1) is 12.2. The summed E-state index contributed by atoms with van der Waals surface area (Å²) in [7, 11) is -3.42. The van der Waals surface area contributed by atoms with E-state index in [1.54, 1.807) is 17.5 Å². The van der Waals surface area contributed by atoms with Crippen molar-refractivity contribution in [1.82, 2.24) is 5.32 Å². The van der Waals surface area contributed by atoms with Crippen molar-refractivity contribution in [1.29, 1.82) is 0 Å². The fourth-order valence-electron chi connectivity index (χ4n) is 0.970. The lowest BCUT2D eigenvalue weighted by molar-refractivity contribution is 0.0957. The third-order valence-electron chi connectivity index (χ3n) is 1.64. The molecule has 3 N–H and O–H groups in total. The van der Waals surface area contributed by atoms with E-state index in [-0.39, 0.29) is 11.7 Å². The second kappa shape index (κ2) is 5.24. The Balaban J connectivity index is 2.24. The van der Waals surface area contributed by atoms with Gasteiger partial charge in [0.2, 0.25) is 10.0 Å². The SMILES string of the molecule is NS(=O)(=O)CCCNC(=O)c1cccs1. The Morgan fingerprint density at radius 2 is 2.27 bits per heavy atom. The number of sulfonamides is 1. The summed E-state index contributed by atoms with van der Waals surface area (Å²) in [6, 6.07) is 3.49. The third kappa shape index (κ3) is 4.91. The van der Waals surface area contributed by atoms with Gasteiger partial charge in [-0.15, -0.1) is 11.3 Å². The fraction of sp³-hybridized carbons (Fsp3) is 0.375. The van der Waals surface area contributed by atoms with Crippen LogP contribution in [0, 0.1) is 0 Å². The first-order chi connectivity index (χ1) is 6.99. The summed E-state index contributed by atoms with van der Waals surface area (Å²) >= 11 is 1.34. The Morgan fingerprint density at radius 3 is 2.80 bits per heavy atom. The molecule has 0 aliphatic heterocycles. The van der Waals surface area contributed by atoms with Crippen LogP contribution in [0.1, 0.15) is 16.1 Å². The minimum absolute atomic E-state index is 0.113. The minimum atomic E-state index is -3.42. The number of hydrogen-bond acceptors (Lipinski definition) is 4. The highest BCUT2D eigenvalue weighted by Crippen LogP contribution is 2.07. The number of nitrogens with two attached hydrogens (primary N) is 1. The zero-order chi connectivity index (χ0) is 11.3. The monoisotopic (exact) mass is 248 g/mol. The lowest BCUT2D eigenvalue weighted by Crippen LogP contribution is -2.26. The van der Waals surface area contributed by atoms with Gasteiger partial charge in [0.1, 0.15) is 0 Å². The van der Waals surface area contributed by atoms with Crippen LogP contribution >= 0.6 is 11.3 Å². The van der Waals surface area contributed by atoms with E-state index in [4.69, 9.17) is 5.14 Å². The zero-order valence-electron chi connectivity index (χ0n) is 7.97. The van der Waals surface area contributed by atoms with Crippen LogP contribution in [0.5, 0.6) is 0 Å². The lowest BCUT2D eigenvalue weighted by Gasteiger charge is -2.02. The molecule has 0 unspecified atom stereocenters. The second-order valence-corrected chi connectivity index (χ2v) is 5.64. The van der Waals surface area contributed by atoms with Crippen LogP contribution in [0.15, 0.2) is 17.5 Å². The first-order valence-electron chi connectivity index (χ1n) is 4.31. The summed E-state index contributed by atoms with van der Waals surface area (Å²) in [6.45, 7) is 0.313. The summed E-state index contributed by atoms with van der Waals surface area (Å²) in [5.41, 5.74) is 0. The molecule has 5 nitrogen and oxygen atoms in total. The predicted octanol–water partition coefficient (Wildman–Crippen LogP) is 0.157. The average molecular weight is 248 g/mol. The number of rotatable bonds is 5. The molecule has 0 saturated heterocycles. The molecule has 0 radical (unpaired) electrons. The van der Waals surface area contributed by atoms with E-state index in [2.05, 4.69) is 5.32 Å². The molecule has 0 bridgehead atoms. The van der Waals surface area contributed by atoms with Crippen molar-refractivity contribution in [3.8, 4) is 0 Å². The number of amides is 1. The van der Waals surface area contributed by atoms with Crippen molar-refractivity contribution in [3.63, 3.8) is 0 Å². The van der Waals surface area contributed by atoms with Crippen LogP contribution in [-0.2, 0) is 10.0 Å². The zero-order valence-corrected chi connectivity index (χ0v) is 9.60. The molecule has 7 heteroatoms. The van der Waals surface area contributed by atoms with E-state index >= 15 is 0 Å². The molecule has 0 saturated carbocycles. The molecule has 1 amide bonds. The van der Waals surface area contributed by atoms with E-state index in [1.807, 2.05) is 0 Å². The molecule has 0 aliphatic rings. The molecular formula is C8H12N2O3S2. The van der Waals surface area contributed by atoms with Gasteiger partial charge in [-0.05, 0) is 17.9 Å². The van der Waals surface area contributed by atoms with Gasteiger partial charge >= 0.3 is 0 Å². The van der Waals surface area contributed by atoms with Crippen molar-refractivity contribution in [2.45, 2.75) is 6.42 Å². The Kier molecular flexibility index (Phi) is 4.25. The number of nitrogens with one attached hydrogen (secondary N) is 1. The van der Waals surface area contributed by atoms with Gasteiger partial charge in [0.25, 0.3) is 5.91 Å². The normalized spacial score (nSPS) is 11.3. The van der Waals surface area contributed by atoms with Gasteiger partial charge < -0.3 is 5.32 Å². The van der Waals surface area contributed by atoms with Crippen molar-refractivity contribution < 1.29 is 13.2 Å². The number of primary sulfonamides is 1. The van der Waals surface area contributed by atoms with E-state index in [9.17, 15) is 13.2 Å². The first-order valence-corrected chi connectivity index (χ1v) is 6.91. The largest absolute Gasteiger partial charge is 0.351 e. The summed E-state index contributed by atoms with van der Waals surface area (Å²) < 4.78 is 21.1. The predicted molar refractivity (Wildman–Crippen MR) is 59.2 cm³/mol. The Bertz CT molecular complexity index is 411. The fourth-order valence-corrected chi connectivity index (χ4v) is 2.16. The van der Waals surface area contributed by atoms with Gasteiger partial charge in [-0.1, -0.05) is 6.07 Å². The summed E-state index contributed by atoms with van der Waals surface area (Å²) in [5.74, 6) is -0.294. The average Bonchev–Trinajstić information content (AvgIpc) is 2.63. The van der Waals surface area contributed by atoms with E-state index < -0.39 is 10.0 Å². The standard InChI is InChI=1S/C8H12N2O3S2/c9-15(12,13)6-2-4-10-8(11)7-3-1-5-14-7/h1,3,5H,2,4,6H2,(H,10,11)(H2,9,12,13). The highest BCUT2D eigenvalue weighted by Gasteiger charge is 2.06. The minimum Gasteiger partial charge on any atom is -0.351 e. The van der Waals surface area contributed by atoms with Gasteiger partial charge in [0, 0.05) is 6.54 Å².